The van der Waals surface area contributed by atoms with Crippen molar-refractivity contribution >= 4 is 21.4 Å². The average molecular weight is 294 g/mol. The van der Waals surface area contributed by atoms with Crippen molar-refractivity contribution in [2.45, 2.75) is 18.7 Å². The molecule has 106 valence electrons. The molecule has 0 aliphatic heterocycles. The lowest BCUT2D eigenvalue weighted by molar-refractivity contribution is 0.591. The number of hydrogen-bond donors (Lipinski definition) is 2. The largest absolute Gasteiger partial charge is 0.399 e. The molecule has 0 aromatic heterocycles. The number of anilines is 2. The molecule has 0 spiro atoms. The molecule has 0 saturated carbocycles. The molecule has 0 atom stereocenters. The zero-order valence-corrected chi connectivity index (χ0v) is 12.0. The lowest BCUT2D eigenvalue weighted by Crippen LogP contribution is -2.15. The highest BCUT2D eigenvalue weighted by molar-refractivity contribution is 7.92. The quantitative estimate of drug-likeness (QED) is 0.855. The SMILES string of the molecule is Cc1cccc(NS(=O)(=O)c2cc(N)cc(F)c2C)c1. The van der Waals surface area contributed by atoms with Gasteiger partial charge in [-0.05, 0) is 43.7 Å². The van der Waals surface area contributed by atoms with Gasteiger partial charge in [0.25, 0.3) is 10.0 Å². The minimum Gasteiger partial charge on any atom is -0.399 e. The van der Waals surface area contributed by atoms with Crippen molar-refractivity contribution in [2.24, 2.45) is 0 Å². The van der Waals surface area contributed by atoms with Crippen LogP contribution in [-0.4, -0.2) is 8.42 Å². The van der Waals surface area contributed by atoms with E-state index in [-0.39, 0.29) is 16.1 Å². The topological polar surface area (TPSA) is 72.2 Å². The van der Waals surface area contributed by atoms with Gasteiger partial charge in [-0.2, -0.15) is 0 Å². The first-order valence-corrected chi connectivity index (χ1v) is 7.43. The van der Waals surface area contributed by atoms with E-state index in [0.29, 0.717) is 5.69 Å². The lowest BCUT2D eigenvalue weighted by Gasteiger charge is -2.12. The van der Waals surface area contributed by atoms with E-state index in [0.717, 1.165) is 11.6 Å². The summed E-state index contributed by atoms with van der Waals surface area (Å²) in [6.45, 7) is 3.25. The van der Waals surface area contributed by atoms with E-state index in [1.54, 1.807) is 18.2 Å². The molecule has 0 radical (unpaired) electrons. The highest BCUT2D eigenvalue weighted by Gasteiger charge is 2.20. The number of aryl methyl sites for hydroxylation is 1. The van der Waals surface area contributed by atoms with Gasteiger partial charge in [0.05, 0.1) is 4.90 Å². The summed E-state index contributed by atoms with van der Waals surface area (Å²) in [5, 5.41) is 0. The molecule has 4 nitrogen and oxygen atoms in total. The van der Waals surface area contributed by atoms with E-state index in [2.05, 4.69) is 4.72 Å². The average Bonchev–Trinajstić information content (AvgIpc) is 2.33. The van der Waals surface area contributed by atoms with Crippen molar-refractivity contribution in [3.63, 3.8) is 0 Å². The summed E-state index contributed by atoms with van der Waals surface area (Å²) in [5.74, 6) is -0.644. The van der Waals surface area contributed by atoms with Gasteiger partial charge >= 0.3 is 0 Å². The number of nitrogens with two attached hydrogens (primary N) is 1. The van der Waals surface area contributed by atoms with E-state index >= 15 is 0 Å². The summed E-state index contributed by atoms with van der Waals surface area (Å²) < 4.78 is 40.6. The highest BCUT2D eigenvalue weighted by atomic mass is 32.2. The molecule has 0 heterocycles. The number of rotatable bonds is 3. The van der Waals surface area contributed by atoms with Gasteiger partial charge in [-0.15, -0.1) is 0 Å². The second kappa shape index (κ2) is 5.13. The van der Waals surface area contributed by atoms with Gasteiger partial charge in [0, 0.05) is 16.9 Å². The zero-order valence-electron chi connectivity index (χ0n) is 11.1. The maximum Gasteiger partial charge on any atom is 0.262 e. The maximum absolute atomic E-state index is 13.6. The smallest absolute Gasteiger partial charge is 0.262 e. The minimum absolute atomic E-state index is 0.0411. The molecule has 0 fully saturated rings. The fourth-order valence-electron chi connectivity index (χ4n) is 1.87. The Bertz CT molecular complexity index is 758. The van der Waals surface area contributed by atoms with E-state index in [4.69, 9.17) is 5.73 Å². The molecule has 3 N–H and O–H groups in total. The summed E-state index contributed by atoms with van der Waals surface area (Å²) in [6, 6.07) is 9.25. The summed E-state index contributed by atoms with van der Waals surface area (Å²) in [7, 11) is -3.88. The second-order valence-electron chi connectivity index (χ2n) is 4.60. The van der Waals surface area contributed by atoms with Crippen molar-refractivity contribution in [2.75, 3.05) is 10.5 Å². The first-order valence-electron chi connectivity index (χ1n) is 5.95. The molecule has 0 aliphatic rings. The first-order chi connectivity index (χ1) is 9.29. The molecular weight excluding hydrogens is 279 g/mol. The molecule has 0 saturated heterocycles. The van der Waals surface area contributed by atoms with Gasteiger partial charge in [0.1, 0.15) is 5.82 Å². The first kappa shape index (κ1) is 14.3. The Hall–Kier alpha value is -2.08. The molecule has 2 aromatic carbocycles. The number of nitrogens with one attached hydrogen (secondary N) is 1. The molecular formula is C14H15FN2O2S. The van der Waals surface area contributed by atoms with Crippen LogP contribution in [0.2, 0.25) is 0 Å². The monoisotopic (exact) mass is 294 g/mol. The number of halogens is 1. The van der Waals surface area contributed by atoms with Gasteiger partial charge in [0.2, 0.25) is 0 Å². The fourth-order valence-corrected chi connectivity index (χ4v) is 3.21. The number of sulfonamides is 1. The van der Waals surface area contributed by atoms with E-state index in [1.165, 1.54) is 13.0 Å². The normalized spacial score (nSPS) is 11.3. The Labute approximate surface area is 117 Å². The summed E-state index contributed by atoms with van der Waals surface area (Å²) >= 11 is 0. The lowest BCUT2D eigenvalue weighted by atomic mass is 10.2. The van der Waals surface area contributed by atoms with Crippen LogP contribution in [-0.2, 0) is 10.0 Å². The standard InChI is InChI=1S/C14H15FN2O2S/c1-9-4-3-5-12(6-9)17-20(18,19)14-8-11(16)7-13(15)10(14)2/h3-8,17H,16H2,1-2H3. The Morgan fingerprint density at radius 1 is 1.15 bits per heavy atom. The van der Waals surface area contributed by atoms with Crippen LogP contribution in [0.15, 0.2) is 41.3 Å². The Balaban J connectivity index is 2.46. The predicted octanol–water partition coefficient (Wildman–Crippen LogP) is 2.83. The Morgan fingerprint density at radius 3 is 2.50 bits per heavy atom. The molecule has 20 heavy (non-hydrogen) atoms. The number of hydrogen-bond acceptors (Lipinski definition) is 3. The molecule has 2 aromatic rings. The van der Waals surface area contributed by atoms with Gasteiger partial charge in [-0.1, -0.05) is 12.1 Å². The van der Waals surface area contributed by atoms with Crippen LogP contribution in [0.5, 0.6) is 0 Å². The number of nitrogen functional groups attached to an aromatic ring is 1. The van der Waals surface area contributed by atoms with E-state index < -0.39 is 15.8 Å². The summed E-state index contributed by atoms with van der Waals surface area (Å²) in [5.41, 5.74) is 6.96. The fraction of sp³-hybridized carbons (Fsp3) is 0.143. The molecule has 0 bridgehead atoms. The molecule has 0 unspecified atom stereocenters. The van der Waals surface area contributed by atoms with Crippen LogP contribution in [0.4, 0.5) is 15.8 Å². The van der Waals surface area contributed by atoms with E-state index in [9.17, 15) is 12.8 Å². The van der Waals surface area contributed by atoms with E-state index in [1.807, 2.05) is 13.0 Å². The minimum atomic E-state index is -3.88. The zero-order chi connectivity index (χ0) is 14.9. The molecule has 0 aliphatic carbocycles. The molecule has 2 rings (SSSR count). The van der Waals surface area contributed by atoms with Gasteiger partial charge < -0.3 is 5.73 Å². The van der Waals surface area contributed by atoms with Crippen LogP contribution in [0, 0.1) is 19.7 Å². The third-order valence-corrected chi connectivity index (χ3v) is 4.39. The van der Waals surface area contributed by atoms with Crippen LogP contribution in [0.3, 0.4) is 0 Å². The predicted molar refractivity (Wildman–Crippen MR) is 77.5 cm³/mol. The van der Waals surface area contributed by atoms with Crippen molar-refractivity contribution in [1.82, 2.24) is 0 Å². The van der Waals surface area contributed by atoms with Crippen molar-refractivity contribution in [3.05, 3.63) is 53.3 Å². The van der Waals surface area contributed by atoms with Crippen LogP contribution < -0.4 is 10.5 Å². The van der Waals surface area contributed by atoms with Crippen LogP contribution >= 0.6 is 0 Å². The third kappa shape index (κ3) is 2.91. The van der Waals surface area contributed by atoms with Crippen LogP contribution in [0.1, 0.15) is 11.1 Å². The van der Waals surface area contributed by atoms with Crippen molar-refractivity contribution < 1.29 is 12.8 Å². The number of benzene rings is 2. The van der Waals surface area contributed by atoms with Crippen LogP contribution in [0.25, 0.3) is 0 Å². The van der Waals surface area contributed by atoms with Gasteiger partial charge in [0.15, 0.2) is 0 Å². The van der Waals surface area contributed by atoms with Crippen molar-refractivity contribution in [3.8, 4) is 0 Å². The second-order valence-corrected chi connectivity index (χ2v) is 6.25. The highest BCUT2D eigenvalue weighted by Crippen LogP contribution is 2.24. The van der Waals surface area contributed by atoms with Crippen molar-refractivity contribution in [1.29, 1.82) is 0 Å². The maximum atomic E-state index is 13.6. The van der Waals surface area contributed by atoms with Gasteiger partial charge in [-0.25, -0.2) is 12.8 Å². The Kier molecular flexibility index (Phi) is 3.67. The van der Waals surface area contributed by atoms with Gasteiger partial charge in [-0.3, -0.25) is 4.72 Å². The molecule has 6 heteroatoms. The third-order valence-electron chi connectivity index (χ3n) is 2.88. The molecule has 0 amide bonds. The Morgan fingerprint density at radius 2 is 1.85 bits per heavy atom. The summed E-state index contributed by atoms with van der Waals surface area (Å²) in [4.78, 5) is -0.156. The summed E-state index contributed by atoms with van der Waals surface area (Å²) in [6.07, 6.45) is 0.